The Morgan fingerprint density at radius 3 is 2.64 bits per heavy atom. The summed E-state index contributed by atoms with van der Waals surface area (Å²) < 4.78 is 11.6. The lowest BCUT2D eigenvalue weighted by molar-refractivity contribution is 0.112. The molecular weight excluding hydrogens is 280 g/mol. The van der Waals surface area contributed by atoms with Crippen LogP contribution >= 0.6 is 0 Å². The fourth-order valence-electron chi connectivity index (χ4n) is 2.30. The van der Waals surface area contributed by atoms with Gasteiger partial charge in [-0.05, 0) is 36.4 Å². The van der Waals surface area contributed by atoms with Crippen LogP contribution in [0.5, 0.6) is 11.6 Å². The predicted molar refractivity (Wildman–Crippen MR) is 81.2 cm³/mol. The van der Waals surface area contributed by atoms with E-state index in [1.165, 1.54) is 6.33 Å². The smallest absolute Gasteiger partial charge is 0.267 e. The van der Waals surface area contributed by atoms with E-state index in [0.29, 0.717) is 28.3 Å². The molecule has 2 aromatic heterocycles. The van der Waals surface area contributed by atoms with E-state index in [2.05, 4.69) is 9.97 Å². The van der Waals surface area contributed by atoms with E-state index in [4.69, 9.17) is 9.15 Å². The summed E-state index contributed by atoms with van der Waals surface area (Å²) in [5.41, 5.74) is 2.54. The number of carbonyl (C=O) groups is 1. The number of aldehydes is 1. The largest absolute Gasteiger partial charge is 0.449 e. The molecule has 5 nitrogen and oxygen atoms in total. The van der Waals surface area contributed by atoms with Gasteiger partial charge >= 0.3 is 0 Å². The van der Waals surface area contributed by atoms with Crippen LogP contribution in [0.25, 0.3) is 22.1 Å². The summed E-state index contributed by atoms with van der Waals surface area (Å²) >= 11 is 0. The molecule has 4 aromatic rings. The first-order valence-electron chi connectivity index (χ1n) is 6.70. The first kappa shape index (κ1) is 12.5. The Kier molecular flexibility index (Phi) is 2.83. The average Bonchev–Trinajstić information content (AvgIpc) is 2.95. The average molecular weight is 290 g/mol. The maximum atomic E-state index is 10.7. The molecule has 0 N–H and O–H groups in total. The number of hydrogen-bond acceptors (Lipinski definition) is 5. The van der Waals surface area contributed by atoms with Crippen LogP contribution in [0.2, 0.25) is 0 Å². The van der Waals surface area contributed by atoms with Crippen LogP contribution in [-0.4, -0.2) is 16.3 Å². The van der Waals surface area contributed by atoms with Crippen molar-refractivity contribution in [2.24, 2.45) is 0 Å². The lowest BCUT2D eigenvalue weighted by Gasteiger charge is -2.04. The minimum Gasteiger partial charge on any atom is -0.449 e. The lowest BCUT2D eigenvalue weighted by atomic mass is 10.2. The van der Waals surface area contributed by atoms with Crippen molar-refractivity contribution >= 4 is 28.4 Å². The molecule has 0 saturated carbocycles. The summed E-state index contributed by atoms with van der Waals surface area (Å²) in [6.45, 7) is 0. The summed E-state index contributed by atoms with van der Waals surface area (Å²) in [6.07, 6.45) is 2.23. The van der Waals surface area contributed by atoms with Crippen molar-refractivity contribution in [1.29, 1.82) is 0 Å². The van der Waals surface area contributed by atoms with Gasteiger partial charge in [0, 0.05) is 10.9 Å². The second-order valence-electron chi connectivity index (χ2n) is 4.74. The van der Waals surface area contributed by atoms with Crippen molar-refractivity contribution in [3.8, 4) is 11.6 Å². The number of rotatable bonds is 3. The Bertz CT molecular complexity index is 974. The van der Waals surface area contributed by atoms with E-state index < -0.39 is 0 Å². The summed E-state index contributed by atoms with van der Waals surface area (Å²) in [6, 6.07) is 14.4. The van der Waals surface area contributed by atoms with Gasteiger partial charge in [0.05, 0.1) is 0 Å². The third-order valence-corrected chi connectivity index (χ3v) is 3.36. The highest BCUT2D eigenvalue weighted by Gasteiger charge is 2.14. The molecular formula is C17H10N2O3. The summed E-state index contributed by atoms with van der Waals surface area (Å²) in [5, 5.41) is 0.918. The second-order valence-corrected chi connectivity index (χ2v) is 4.74. The molecule has 0 bridgehead atoms. The molecule has 0 saturated heterocycles. The third kappa shape index (κ3) is 2.00. The van der Waals surface area contributed by atoms with Crippen molar-refractivity contribution in [3.05, 3.63) is 60.4 Å². The van der Waals surface area contributed by atoms with Gasteiger partial charge < -0.3 is 9.15 Å². The molecule has 0 spiro atoms. The maximum Gasteiger partial charge on any atom is 0.267 e. The van der Waals surface area contributed by atoms with E-state index in [-0.39, 0.29) is 0 Å². The lowest BCUT2D eigenvalue weighted by Crippen LogP contribution is -1.90. The summed E-state index contributed by atoms with van der Waals surface area (Å²) in [7, 11) is 0. The van der Waals surface area contributed by atoms with Crippen LogP contribution in [0.1, 0.15) is 10.4 Å². The molecule has 0 aliphatic heterocycles. The van der Waals surface area contributed by atoms with Gasteiger partial charge in [0.15, 0.2) is 0 Å². The van der Waals surface area contributed by atoms with Crippen LogP contribution < -0.4 is 4.74 Å². The number of hydrogen-bond donors (Lipinski definition) is 0. The monoisotopic (exact) mass is 290 g/mol. The highest BCUT2D eigenvalue weighted by atomic mass is 16.5. The Morgan fingerprint density at radius 1 is 1.00 bits per heavy atom. The summed E-state index contributed by atoms with van der Waals surface area (Å²) in [5.74, 6) is 0.922. The highest BCUT2D eigenvalue weighted by molar-refractivity contribution is 6.03. The Hall–Kier alpha value is -3.21. The van der Waals surface area contributed by atoms with E-state index in [1.807, 2.05) is 24.3 Å². The molecule has 0 atom stereocenters. The Morgan fingerprint density at radius 2 is 1.82 bits per heavy atom. The fraction of sp³-hybridized carbons (Fsp3) is 0. The van der Waals surface area contributed by atoms with E-state index in [9.17, 15) is 4.79 Å². The van der Waals surface area contributed by atoms with Gasteiger partial charge in [-0.25, -0.2) is 4.98 Å². The Balaban J connectivity index is 1.82. The zero-order valence-electron chi connectivity index (χ0n) is 11.4. The molecule has 22 heavy (non-hydrogen) atoms. The van der Waals surface area contributed by atoms with Crippen molar-refractivity contribution < 1.29 is 13.9 Å². The van der Waals surface area contributed by atoms with Gasteiger partial charge in [-0.1, -0.05) is 12.1 Å². The zero-order valence-corrected chi connectivity index (χ0v) is 11.4. The van der Waals surface area contributed by atoms with Crippen molar-refractivity contribution in [2.45, 2.75) is 0 Å². The number of carbonyl (C=O) groups excluding carboxylic acids is 1. The number of para-hydroxylation sites is 1. The number of fused-ring (bicyclic) bond motifs is 3. The molecule has 2 aromatic carbocycles. The first-order valence-corrected chi connectivity index (χ1v) is 6.70. The number of aromatic nitrogens is 2. The van der Waals surface area contributed by atoms with Crippen LogP contribution in [0, 0.1) is 0 Å². The zero-order chi connectivity index (χ0) is 14.9. The minimum absolute atomic E-state index is 0.347. The third-order valence-electron chi connectivity index (χ3n) is 3.36. The van der Waals surface area contributed by atoms with Gasteiger partial charge in [-0.3, -0.25) is 4.79 Å². The minimum atomic E-state index is 0.347. The van der Waals surface area contributed by atoms with Crippen LogP contribution in [0.3, 0.4) is 0 Å². The summed E-state index contributed by atoms with van der Waals surface area (Å²) in [4.78, 5) is 19.1. The standard InChI is InChI=1S/C17H10N2O3/c20-9-11-5-7-12(8-6-11)21-17-16-15(18-10-19-17)13-3-1-2-4-14(13)22-16/h1-10H. The molecule has 106 valence electrons. The number of furan rings is 1. The van der Waals surface area contributed by atoms with E-state index >= 15 is 0 Å². The Labute approximate surface area is 125 Å². The fourth-order valence-corrected chi connectivity index (χ4v) is 2.30. The molecule has 0 aliphatic carbocycles. The van der Waals surface area contributed by atoms with Gasteiger partial charge in [-0.2, -0.15) is 4.98 Å². The van der Waals surface area contributed by atoms with Gasteiger partial charge in [0.2, 0.25) is 5.58 Å². The number of nitrogens with zero attached hydrogens (tertiary/aromatic N) is 2. The molecule has 0 fully saturated rings. The molecule has 0 unspecified atom stereocenters. The molecule has 0 aliphatic rings. The predicted octanol–water partition coefficient (Wildman–Crippen LogP) is 3.98. The van der Waals surface area contributed by atoms with Gasteiger partial charge in [-0.15, -0.1) is 0 Å². The van der Waals surface area contributed by atoms with Crippen molar-refractivity contribution in [2.75, 3.05) is 0 Å². The quantitative estimate of drug-likeness (QED) is 0.534. The normalized spacial score (nSPS) is 10.9. The molecule has 5 heteroatoms. The second kappa shape index (κ2) is 4.96. The van der Waals surface area contributed by atoms with Crippen molar-refractivity contribution in [1.82, 2.24) is 9.97 Å². The maximum absolute atomic E-state index is 10.7. The van der Waals surface area contributed by atoms with E-state index in [1.54, 1.807) is 24.3 Å². The van der Waals surface area contributed by atoms with Crippen molar-refractivity contribution in [3.63, 3.8) is 0 Å². The molecule has 0 radical (unpaired) electrons. The SMILES string of the molecule is O=Cc1ccc(Oc2ncnc3c2oc2ccccc23)cc1. The van der Waals surface area contributed by atoms with Crippen LogP contribution in [-0.2, 0) is 0 Å². The first-order chi connectivity index (χ1) is 10.8. The molecule has 4 rings (SSSR count). The number of benzene rings is 2. The highest BCUT2D eigenvalue weighted by Crippen LogP contribution is 2.33. The number of ether oxygens (including phenoxy) is 1. The van der Waals surface area contributed by atoms with E-state index in [0.717, 1.165) is 17.3 Å². The molecule has 2 heterocycles. The molecule has 0 amide bonds. The van der Waals surface area contributed by atoms with Gasteiger partial charge in [0.25, 0.3) is 5.88 Å². The van der Waals surface area contributed by atoms with Gasteiger partial charge in [0.1, 0.15) is 29.5 Å². The topological polar surface area (TPSA) is 65.2 Å². The van der Waals surface area contributed by atoms with Crippen LogP contribution in [0.15, 0.2) is 59.3 Å². The van der Waals surface area contributed by atoms with Crippen LogP contribution in [0.4, 0.5) is 0 Å².